The predicted octanol–water partition coefficient (Wildman–Crippen LogP) is 1.02. The fourth-order valence-corrected chi connectivity index (χ4v) is 1.45. The van der Waals surface area contributed by atoms with Crippen molar-refractivity contribution in [2.75, 3.05) is 18.2 Å². The molecule has 0 radical (unpaired) electrons. The summed E-state index contributed by atoms with van der Waals surface area (Å²) in [6, 6.07) is 5.53. The Morgan fingerprint density at radius 2 is 2.29 bits per heavy atom. The van der Waals surface area contributed by atoms with Gasteiger partial charge in [0.25, 0.3) is 0 Å². The molecule has 3 N–H and O–H groups in total. The summed E-state index contributed by atoms with van der Waals surface area (Å²) in [4.78, 5) is 4.19. The van der Waals surface area contributed by atoms with Crippen LogP contribution in [0.3, 0.4) is 0 Å². The molecular formula is C11H15N5O. The zero-order chi connectivity index (χ0) is 12.3. The van der Waals surface area contributed by atoms with Crippen LogP contribution in [0.25, 0.3) is 0 Å². The summed E-state index contributed by atoms with van der Waals surface area (Å²) < 4.78 is 6.79. The average molecular weight is 233 g/mol. The molecule has 0 amide bonds. The topological polar surface area (TPSA) is 78.0 Å². The number of nitrogens with two attached hydrogens (primary N) is 1. The highest BCUT2D eigenvalue weighted by Gasteiger charge is 2.04. The highest BCUT2D eigenvalue weighted by Crippen LogP contribution is 2.15. The maximum atomic E-state index is 5.56. The summed E-state index contributed by atoms with van der Waals surface area (Å²) >= 11 is 0. The Labute approximate surface area is 99.4 Å². The second kappa shape index (κ2) is 4.73. The van der Waals surface area contributed by atoms with Crippen LogP contribution in [-0.2, 0) is 13.6 Å². The van der Waals surface area contributed by atoms with Crippen molar-refractivity contribution in [1.29, 1.82) is 0 Å². The normalized spacial score (nSPS) is 10.2. The van der Waals surface area contributed by atoms with Gasteiger partial charge in [-0.25, -0.2) is 4.68 Å². The van der Waals surface area contributed by atoms with Gasteiger partial charge in [-0.2, -0.15) is 5.10 Å². The Kier molecular flexibility index (Phi) is 3.13. The average Bonchev–Trinajstić information content (AvgIpc) is 2.69. The van der Waals surface area contributed by atoms with Crippen molar-refractivity contribution in [1.82, 2.24) is 14.8 Å². The monoisotopic (exact) mass is 233 g/mol. The molecule has 2 rings (SSSR count). The largest absolute Gasteiger partial charge is 0.481 e. The van der Waals surface area contributed by atoms with Crippen molar-refractivity contribution in [3.63, 3.8) is 0 Å². The van der Waals surface area contributed by atoms with Gasteiger partial charge < -0.3 is 15.8 Å². The SMILES string of the molecule is COc1cc(NCc2ccc(N)cn2)nn1C. The van der Waals surface area contributed by atoms with Crippen LogP contribution in [0.15, 0.2) is 24.4 Å². The van der Waals surface area contributed by atoms with Crippen LogP contribution in [0.2, 0.25) is 0 Å². The smallest absolute Gasteiger partial charge is 0.213 e. The minimum atomic E-state index is 0.598. The Hall–Kier alpha value is -2.24. The van der Waals surface area contributed by atoms with E-state index in [0.29, 0.717) is 18.1 Å². The first kappa shape index (κ1) is 11.3. The lowest BCUT2D eigenvalue weighted by atomic mass is 10.3. The van der Waals surface area contributed by atoms with E-state index in [2.05, 4.69) is 15.4 Å². The van der Waals surface area contributed by atoms with Crippen molar-refractivity contribution in [3.8, 4) is 5.88 Å². The van der Waals surface area contributed by atoms with Gasteiger partial charge in [0.2, 0.25) is 5.88 Å². The number of aryl methyl sites for hydroxylation is 1. The van der Waals surface area contributed by atoms with E-state index in [0.717, 1.165) is 11.5 Å². The van der Waals surface area contributed by atoms with E-state index in [9.17, 15) is 0 Å². The third kappa shape index (κ3) is 2.66. The van der Waals surface area contributed by atoms with Crippen LogP contribution < -0.4 is 15.8 Å². The molecule has 2 aromatic rings. The quantitative estimate of drug-likeness (QED) is 0.824. The van der Waals surface area contributed by atoms with Crippen molar-refractivity contribution in [3.05, 3.63) is 30.1 Å². The fraction of sp³-hybridized carbons (Fsp3) is 0.273. The molecule has 2 aromatic heterocycles. The number of nitrogens with one attached hydrogen (secondary N) is 1. The molecule has 0 bridgehead atoms. The van der Waals surface area contributed by atoms with Gasteiger partial charge in [-0.15, -0.1) is 0 Å². The van der Waals surface area contributed by atoms with Gasteiger partial charge in [-0.05, 0) is 12.1 Å². The molecule has 0 saturated carbocycles. The van der Waals surface area contributed by atoms with E-state index in [4.69, 9.17) is 10.5 Å². The standard InChI is InChI=1S/C11H15N5O/c1-16-11(17-2)5-10(15-16)14-7-9-4-3-8(12)6-13-9/h3-6H,7,12H2,1-2H3,(H,14,15). The van der Waals surface area contributed by atoms with E-state index < -0.39 is 0 Å². The molecule has 90 valence electrons. The zero-order valence-electron chi connectivity index (χ0n) is 9.84. The fourth-order valence-electron chi connectivity index (χ4n) is 1.45. The number of nitrogen functional groups attached to an aromatic ring is 1. The van der Waals surface area contributed by atoms with Gasteiger partial charge in [0.15, 0.2) is 5.82 Å². The van der Waals surface area contributed by atoms with Gasteiger partial charge in [0, 0.05) is 13.1 Å². The minimum Gasteiger partial charge on any atom is -0.481 e. The molecule has 0 fully saturated rings. The first-order valence-electron chi connectivity index (χ1n) is 5.21. The maximum absolute atomic E-state index is 5.56. The lowest BCUT2D eigenvalue weighted by Gasteiger charge is -2.02. The summed E-state index contributed by atoms with van der Waals surface area (Å²) in [5.41, 5.74) is 7.13. The number of aromatic nitrogens is 3. The molecule has 0 aromatic carbocycles. The number of pyridine rings is 1. The number of anilines is 2. The molecule has 2 heterocycles. The number of ether oxygens (including phenoxy) is 1. The van der Waals surface area contributed by atoms with E-state index in [-0.39, 0.29) is 0 Å². The third-order valence-electron chi connectivity index (χ3n) is 2.34. The number of nitrogens with zero attached hydrogens (tertiary/aromatic N) is 3. The molecule has 6 nitrogen and oxygen atoms in total. The minimum absolute atomic E-state index is 0.598. The highest BCUT2D eigenvalue weighted by atomic mass is 16.5. The number of methoxy groups -OCH3 is 1. The van der Waals surface area contributed by atoms with Crippen LogP contribution >= 0.6 is 0 Å². The molecule has 0 aliphatic carbocycles. The van der Waals surface area contributed by atoms with Crippen molar-refractivity contribution in [2.45, 2.75) is 6.54 Å². The highest BCUT2D eigenvalue weighted by molar-refractivity contribution is 5.40. The number of hydrogen-bond acceptors (Lipinski definition) is 5. The van der Waals surface area contributed by atoms with E-state index >= 15 is 0 Å². The summed E-state index contributed by atoms with van der Waals surface area (Å²) in [5.74, 6) is 1.46. The van der Waals surface area contributed by atoms with Crippen molar-refractivity contribution >= 4 is 11.5 Å². The van der Waals surface area contributed by atoms with Crippen LogP contribution in [0, 0.1) is 0 Å². The van der Waals surface area contributed by atoms with E-state index in [1.807, 2.05) is 25.2 Å². The summed E-state index contributed by atoms with van der Waals surface area (Å²) in [6.07, 6.45) is 1.63. The Balaban J connectivity index is 1.99. The Bertz CT molecular complexity index is 491. The maximum Gasteiger partial charge on any atom is 0.213 e. The lowest BCUT2D eigenvalue weighted by molar-refractivity contribution is 0.373. The van der Waals surface area contributed by atoms with Gasteiger partial charge in [-0.3, -0.25) is 4.98 Å². The molecule has 0 aliphatic rings. The Morgan fingerprint density at radius 3 is 2.88 bits per heavy atom. The number of rotatable bonds is 4. The van der Waals surface area contributed by atoms with Crippen LogP contribution in [-0.4, -0.2) is 21.9 Å². The van der Waals surface area contributed by atoms with Crippen LogP contribution in [0.4, 0.5) is 11.5 Å². The molecule has 0 unspecified atom stereocenters. The second-order valence-electron chi connectivity index (χ2n) is 3.63. The van der Waals surface area contributed by atoms with Gasteiger partial charge in [-0.1, -0.05) is 0 Å². The molecule has 0 aliphatic heterocycles. The van der Waals surface area contributed by atoms with Crippen molar-refractivity contribution in [2.24, 2.45) is 7.05 Å². The molecule has 0 saturated heterocycles. The molecule has 17 heavy (non-hydrogen) atoms. The van der Waals surface area contributed by atoms with E-state index in [1.165, 1.54) is 0 Å². The van der Waals surface area contributed by atoms with Crippen LogP contribution in [0.5, 0.6) is 5.88 Å². The number of hydrogen-bond donors (Lipinski definition) is 2. The lowest BCUT2D eigenvalue weighted by Crippen LogP contribution is -2.03. The zero-order valence-corrected chi connectivity index (χ0v) is 9.84. The van der Waals surface area contributed by atoms with Crippen LogP contribution in [0.1, 0.15) is 5.69 Å². The second-order valence-corrected chi connectivity index (χ2v) is 3.63. The summed E-state index contributed by atoms with van der Waals surface area (Å²) in [5, 5.41) is 7.40. The molecule has 0 atom stereocenters. The molecular weight excluding hydrogens is 218 g/mol. The molecule has 6 heteroatoms. The first-order chi connectivity index (χ1) is 8.19. The van der Waals surface area contributed by atoms with E-state index in [1.54, 1.807) is 18.0 Å². The van der Waals surface area contributed by atoms with Gasteiger partial charge >= 0.3 is 0 Å². The predicted molar refractivity (Wildman–Crippen MR) is 65.7 cm³/mol. The molecule has 0 spiro atoms. The first-order valence-corrected chi connectivity index (χ1v) is 5.21. The Morgan fingerprint density at radius 1 is 1.47 bits per heavy atom. The summed E-state index contributed by atoms with van der Waals surface area (Å²) in [6.45, 7) is 0.598. The van der Waals surface area contributed by atoms with Gasteiger partial charge in [0.05, 0.1) is 31.2 Å². The summed E-state index contributed by atoms with van der Waals surface area (Å²) in [7, 11) is 3.44. The van der Waals surface area contributed by atoms with Gasteiger partial charge in [0.1, 0.15) is 0 Å². The third-order valence-corrected chi connectivity index (χ3v) is 2.34. The van der Waals surface area contributed by atoms with Crippen molar-refractivity contribution < 1.29 is 4.74 Å².